The van der Waals surface area contributed by atoms with Crippen LogP contribution in [0.4, 0.5) is 10.1 Å². The molecule has 0 aliphatic rings. The molecular weight excluding hydrogens is 439 g/mol. The third kappa shape index (κ3) is 6.06. The summed E-state index contributed by atoms with van der Waals surface area (Å²) in [5.74, 6) is -0.777. The number of nitrogens with zero attached hydrogens (tertiary/aromatic N) is 1. The summed E-state index contributed by atoms with van der Waals surface area (Å²) >= 11 is 5.94. The number of carbonyl (C=O) groups is 1. The standard InChI is InChI=1S/C23H22ClFN2O3S/c1-17-2-12-22(13-3-17)31(29,30)27(21-10-6-19(24)7-11-21)16-23(28)26-15-14-18-4-8-20(25)9-5-18/h2-13H,14-16H2,1H3,(H,26,28). The highest BCUT2D eigenvalue weighted by Crippen LogP contribution is 2.25. The molecule has 0 aromatic heterocycles. The van der Waals surface area contributed by atoms with E-state index < -0.39 is 15.9 Å². The second-order valence-electron chi connectivity index (χ2n) is 7.03. The van der Waals surface area contributed by atoms with E-state index in [-0.39, 0.29) is 17.3 Å². The maximum absolute atomic E-state index is 13.3. The van der Waals surface area contributed by atoms with Crippen LogP contribution in [0.25, 0.3) is 0 Å². The number of benzene rings is 3. The van der Waals surface area contributed by atoms with Crippen LogP contribution >= 0.6 is 11.6 Å². The lowest BCUT2D eigenvalue weighted by Gasteiger charge is -2.24. The molecule has 0 heterocycles. The molecule has 1 N–H and O–H groups in total. The number of amides is 1. The van der Waals surface area contributed by atoms with Gasteiger partial charge in [-0.25, -0.2) is 12.8 Å². The molecule has 8 heteroatoms. The molecule has 0 aliphatic carbocycles. The van der Waals surface area contributed by atoms with Crippen LogP contribution in [0, 0.1) is 12.7 Å². The Bertz CT molecular complexity index is 1130. The predicted octanol–water partition coefficient (Wildman–Crippen LogP) is 4.34. The molecule has 0 radical (unpaired) electrons. The van der Waals surface area contributed by atoms with E-state index in [1.54, 1.807) is 48.5 Å². The van der Waals surface area contributed by atoms with Crippen LogP contribution in [0.5, 0.6) is 0 Å². The minimum absolute atomic E-state index is 0.0900. The van der Waals surface area contributed by atoms with Gasteiger partial charge in [0.2, 0.25) is 5.91 Å². The van der Waals surface area contributed by atoms with Crippen molar-refractivity contribution in [2.75, 3.05) is 17.4 Å². The van der Waals surface area contributed by atoms with Gasteiger partial charge in [-0.1, -0.05) is 41.4 Å². The van der Waals surface area contributed by atoms with Gasteiger partial charge < -0.3 is 5.32 Å². The lowest BCUT2D eigenvalue weighted by Crippen LogP contribution is -2.41. The average Bonchev–Trinajstić information content (AvgIpc) is 2.74. The van der Waals surface area contributed by atoms with E-state index in [0.717, 1.165) is 15.4 Å². The zero-order chi connectivity index (χ0) is 22.4. The summed E-state index contributed by atoms with van der Waals surface area (Å²) in [6, 6.07) is 18.7. The van der Waals surface area contributed by atoms with Crippen molar-refractivity contribution in [2.24, 2.45) is 0 Å². The van der Waals surface area contributed by atoms with Crippen LogP contribution in [-0.4, -0.2) is 27.4 Å². The van der Waals surface area contributed by atoms with Crippen molar-refractivity contribution in [3.8, 4) is 0 Å². The third-order valence-corrected chi connectivity index (χ3v) is 6.70. The first-order valence-electron chi connectivity index (χ1n) is 9.62. The number of aryl methyl sites for hydroxylation is 1. The van der Waals surface area contributed by atoms with Crippen molar-refractivity contribution in [1.82, 2.24) is 5.32 Å². The first-order valence-corrected chi connectivity index (χ1v) is 11.4. The minimum atomic E-state index is -3.97. The van der Waals surface area contributed by atoms with Crippen LogP contribution in [-0.2, 0) is 21.2 Å². The van der Waals surface area contributed by atoms with Gasteiger partial charge in [0.25, 0.3) is 10.0 Å². The summed E-state index contributed by atoms with van der Waals surface area (Å²) < 4.78 is 40.6. The van der Waals surface area contributed by atoms with Gasteiger partial charge in [-0.15, -0.1) is 0 Å². The Morgan fingerprint density at radius 2 is 1.58 bits per heavy atom. The van der Waals surface area contributed by atoms with Gasteiger partial charge in [-0.05, 0) is 67.4 Å². The van der Waals surface area contributed by atoms with E-state index >= 15 is 0 Å². The molecule has 3 aromatic rings. The Labute approximate surface area is 186 Å². The maximum atomic E-state index is 13.3. The van der Waals surface area contributed by atoms with Crippen molar-refractivity contribution in [2.45, 2.75) is 18.2 Å². The molecule has 1 amide bonds. The second-order valence-corrected chi connectivity index (χ2v) is 9.33. The van der Waals surface area contributed by atoms with Crippen LogP contribution in [0.2, 0.25) is 5.02 Å². The number of rotatable bonds is 8. The topological polar surface area (TPSA) is 66.5 Å². The zero-order valence-corrected chi connectivity index (χ0v) is 18.5. The van der Waals surface area contributed by atoms with Crippen LogP contribution in [0.1, 0.15) is 11.1 Å². The molecule has 0 atom stereocenters. The molecule has 3 aromatic carbocycles. The molecule has 162 valence electrons. The van der Waals surface area contributed by atoms with Gasteiger partial charge in [-0.2, -0.15) is 0 Å². The van der Waals surface area contributed by atoms with E-state index in [9.17, 15) is 17.6 Å². The molecular formula is C23H22ClFN2O3S. The van der Waals surface area contributed by atoms with Gasteiger partial charge in [-0.3, -0.25) is 9.10 Å². The van der Waals surface area contributed by atoms with Crippen molar-refractivity contribution >= 4 is 33.2 Å². The Kier molecular flexibility index (Phi) is 7.30. The number of hydrogen-bond donors (Lipinski definition) is 1. The van der Waals surface area contributed by atoms with Gasteiger partial charge in [0.05, 0.1) is 10.6 Å². The molecule has 0 unspecified atom stereocenters. The first kappa shape index (κ1) is 22.8. The van der Waals surface area contributed by atoms with Crippen molar-refractivity contribution < 1.29 is 17.6 Å². The summed E-state index contributed by atoms with van der Waals surface area (Å²) in [4.78, 5) is 12.7. The molecule has 0 aliphatic heterocycles. The van der Waals surface area contributed by atoms with Crippen LogP contribution in [0.3, 0.4) is 0 Å². The first-order chi connectivity index (χ1) is 14.8. The van der Waals surface area contributed by atoms with Crippen LogP contribution in [0.15, 0.2) is 77.7 Å². The summed E-state index contributed by atoms with van der Waals surface area (Å²) in [5, 5.41) is 3.18. The Balaban J connectivity index is 1.76. The number of halogens is 2. The highest BCUT2D eigenvalue weighted by atomic mass is 35.5. The van der Waals surface area contributed by atoms with E-state index in [0.29, 0.717) is 23.7 Å². The molecule has 5 nitrogen and oxygen atoms in total. The van der Waals surface area contributed by atoms with E-state index in [1.807, 2.05) is 6.92 Å². The number of hydrogen-bond acceptors (Lipinski definition) is 3. The van der Waals surface area contributed by atoms with Gasteiger partial charge in [0.1, 0.15) is 12.4 Å². The molecule has 3 rings (SSSR count). The van der Waals surface area contributed by atoms with Crippen molar-refractivity contribution in [3.63, 3.8) is 0 Å². The number of carbonyl (C=O) groups excluding carboxylic acids is 1. The predicted molar refractivity (Wildman–Crippen MR) is 120 cm³/mol. The van der Waals surface area contributed by atoms with Crippen molar-refractivity contribution in [3.05, 3.63) is 94.8 Å². The number of sulfonamides is 1. The lowest BCUT2D eigenvalue weighted by molar-refractivity contribution is -0.119. The monoisotopic (exact) mass is 460 g/mol. The Morgan fingerprint density at radius 1 is 0.968 bits per heavy atom. The lowest BCUT2D eigenvalue weighted by atomic mass is 10.1. The van der Waals surface area contributed by atoms with E-state index in [4.69, 9.17) is 11.6 Å². The average molecular weight is 461 g/mol. The van der Waals surface area contributed by atoms with Crippen LogP contribution < -0.4 is 9.62 Å². The fraction of sp³-hybridized carbons (Fsp3) is 0.174. The largest absolute Gasteiger partial charge is 0.354 e. The highest BCUT2D eigenvalue weighted by Gasteiger charge is 2.27. The van der Waals surface area contributed by atoms with Gasteiger partial charge >= 0.3 is 0 Å². The number of nitrogens with one attached hydrogen (secondary N) is 1. The maximum Gasteiger partial charge on any atom is 0.264 e. The Hall–Kier alpha value is -2.90. The smallest absolute Gasteiger partial charge is 0.264 e. The molecule has 0 saturated carbocycles. The molecule has 0 bridgehead atoms. The summed E-state index contributed by atoms with van der Waals surface area (Å²) in [5.41, 5.74) is 2.12. The molecule has 31 heavy (non-hydrogen) atoms. The quantitative estimate of drug-likeness (QED) is 0.543. The third-order valence-electron chi connectivity index (χ3n) is 4.66. The summed E-state index contributed by atoms with van der Waals surface area (Å²) in [6.45, 7) is 1.77. The Morgan fingerprint density at radius 3 is 2.19 bits per heavy atom. The fourth-order valence-corrected chi connectivity index (χ4v) is 4.49. The SMILES string of the molecule is Cc1ccc(S(=O)(=O)N(CC(=O)NCCc2ccc(F)cc2)c2ccc(Cl)cc2)cc1. The van der Waals surface area contributed by atoms with Crippen molar-refractivity contribution in [1.29, 1.82) is 0 Å². The molecule has 0 saturated heterocycles. The number of anilines is 1. The second kappa shape index (κ2) is 9.94. The van der Waals surface area contributed by atoms with E-state index in [1.165, 1.54) is 24.3 Å². The van der Waals surface area contributed by atoms with E-state index in [2.05, 4.69) is 5.32 Å². The zero-order valence-electron chi connectivity index (χ0n) is 16.9. The normalized spacial score (nSPS) is 11.2. The van der Waals surface area contributed by atoms with Gasteiger partial charge in [0, 0.05) is 11.6 Å². The van der Waals surface area contributed by atoms with Gasteiger partial charge in [0.15, 0.2) is 0 Å². The molecule has 0 fully saturated rings. The molecule has 0 spiro atoms. The summed E-state index contributed by atoms with van der Waals surface area (Å²) in [7, 11) is -3.97. The summed E-state index contributed by atoms with van der Waals surface area (Å²) in [6.07, 6.45) is 0.498. The highest BCUT2D eigenvalue weighted by molar-refractivity contribution is 7.92. The minimum Gasteiger partial charge on any atom is -0.354 e. The fourth-order valence-electron chi connectivity index (χ4n) is 2.94.